The third kappa shape index (κ3) is 2.49. The first-order valence-electron chi connectivity index (χ1n) is 11.0. The number of carbonyl (C=O) groups excluding carboxylic acids is 2. The summed E-state index contributed by atoms with van der Waals surface area (Å²) in [6, 6.07) is 8.37. The predicted octanol–water partition coefficient (Wildman–Crippen LogP) is 5.04. The number of carbonyl (C=O) groups is 2. The summed E-state index contributed by atoms with van der Waals surface area (Å²) in [5.74, 6) is 1.43. The fourth-order valence-corrected chi connectivity index (χ4v) is 6.36. The van der Waals surface area contributed by atoms with Crippen molar-refractivity contribution in [3.63, 3.8) is 0 Å². The molecule has 2 saturated carbocycles. The van der Waals surface area contributed by atoms with Crippen molar-refractivity contribution in [1.82, 2.24) is 4.98 Å². The third-order valence-corrected chi connectivity index (χ3v) is 7.94. The van der Waals surface area contributed by atoms with Crippen molar-refractivity contribution in [2.24, 2.45) is 11.3 Å². The zero-order valence-electron chi connectivity index (χ0n) is 17.2. The first-order chi connectivity index (χ1) is 14.5. The van der Waals surface area contributed by atoms with E-state index in [1.165, 1.54) is 5.57 Å². The molecule has 0 spiro atoms. The second kappa shape index (κ2) is 6.37. The molecule has 2 heterocycles. The van der Waals surface area contributed by atoms with Crippen LogP contribution in [0.4, 0.5) is 0 Å². The van der Waals surface area contributed by atoms with Gasteiger partial charge in [0, 0.05) is 48.9 Å². The van der Waals surface area contributed by atoms with Crippen LogP contribution in [0.3, 0.4) is 0 Å². The molecular formula is C26H25NO3. The number of pyridine rings is 1. The van der Waals surface area contributed by atoms with Crippen molar-refractivity contribution in [2.45, 2.75) is 57.5 Å². The molecule has 6 rings (SSSR count). The molecule has 0 radical (unpaired) electrons. The fraction of sp³-hybridized carbons (Fsp3) is 0.423. The van der Waals surface area contributed by atoms with Gasteiger partial charge >= 0.3 is 0 Å². The highest BCUT2D eigenvalue weighted by molar-refractivity contribution is 5.99. The van der Waals surface area contributed by atoms with Crippen molar-refractivity contribution in [3.8, 4) is 0 Å². The van der Waals surface area contributed by atoms with Crippen molar-refractivity contribution < 1.29 is 14.3 Å². The van der Waals surface area contributed by atoms with Gasteiger partial charge in [-0.3, -0.25) is 14.6 Å². The van der Waals surface area contributed by atoms with E-state index in [0.29, 0.717) is 18.6 Å². The molecule has 0 unspecified atom stereocenters. The average molecular weight is 399 g/mol. The van der Waals surface area contributed by atoms with Gasteiger partial charge in [-0.15, -0.1) is 0 Å². The molecule has 0 saturated heterocycles. The van der Waals surface area contributed by atoms with Gasteiger partial charge in [0.1, 0.15) is 17.6 Å². The Kier molecular flexibility index (Phi) is 3.83. The Bertz CT molecular complexity index is 1160. The number of rotatable bonds is 1. The summed E-state index contributed by atoms with van der Waals surface area (Å²) in [4.78, 5) is 29.9. The Hall–Kier alpha value is -2.75. The lowest BCUT2D eigenvalue weighted by molar-refractivity contribution is -0.119. The van der Waals surface area contributed by atoms with Gasteiger partial charge in [-0.05, 0) is 59.4 Å². The maximum absolute atomic E-state index is 13.3. The molecule has 4 atom stereocenters. The standard InChI is InChI=1S/C26H25NO3/c1-26-9-7-17-12-19-21(28)3-2-4-23(19)30-25(17)20(26)13-22(29)24(26)16-6-5-15-8-10-27-14-18(15)11-16/h5-6,8,10-12,14,20,24-25H,2-4,7,9,13H2,1H3/t20-,24-,25+,26-/m0/s1. The van der Waals surface area contributed by atoms with E-state index in [1.54, 1.807) is 6.20 Å². The largest absolute Gasteiger partial charge is 0.489 e. The lowest BCUT2D eigenvalue weighted by Crippen LogP contribution is -2.43. The zero-order chi connectivity index (χ0) is 20.5. The molecule has 4 heteroatoms. The summed E-state index contributed by atoms with van der Waals surface area (Å²) in [5, 5.41) is 2.22. The van der Waals surface area contributed by atoms with E-state index in [1.807, 2.05) is 12.3 Å². The number of ketones is 2. The van der Waals surface area contributed by atoms with Crippen LogP contribution in [-0.4, -0.2) is 22.7 Å². The molecule has 3 aliphatic carbocycles. The lowest BCUT2D eigenvalue weighted by Gasteiger charge is -2.47. The highest BCUT2D eigenvalue weighted by Crippen LogP contribution is 2.60. The van der Waals surface area contributed by atoms with Crippen molar-refractivity contribution in [1.29, 1.82) is 0 Å². The van der Waals surface area contributed by atoms with Crippen LogP contribution >= 0.6 is 0 Å². The average Bonchev–Trinajstić information content (AvgIpc) is 3.03. The highest BCUT2D eigenvalue weighted by atomic mass is 16.5. The van der Waals surface area contributed by atoms with Crippen molar-refractivity contribution in [2.75, 3.05) is 0 Å². The number of fused-ring (bicyclic) bond motifs is 4. The summed E-state index contributed by atoms with van der Waals surface area (Å²) in [6.45, 7) is 2.27. The number of aromatic nitrogens is 1. The number of allylic oxidation sites excluding steroid dienone is 3. The SMILES string of the molecule is C[C@]12CCC3=CC4=C(CCCC4=O)O[C@H]3[C@@H]1CC(=O)[C@@H]2c1ccc2ccncc2c1. The summed E-state index contributed by atoms with van der Waals surface area (Å²) in [6.07, 6.45) is 10.4. The van der Waals surface area contributed by atoms with Crippen LogP contribution < -0.4 is 0 Å². The Morgan fingerprint density at radius 2 is 2.00 bits per heavy atom. The van der Waals surface area contributed by atoms with E-state index >= 15 is 0 Å². The molecule has 1 aliphatic heterocycles. The predicted molar refractivity (Wildman–Crippen MR) is 114 cm³/mol. The number of Topliss-reactive ketones (excluding diaryl/α,β-unsaturated/α-hetero) is 2. The number of hydrogen-bond donors (Lipinski definition) is 0. The maximum atomic E-state index is 13.3. The molecule has 1 aromatic carbocycles. The molecule has 4 nitrogen and oxygen atoms in total. The molecule has 1 aromatic heterocycles. The summed E-state index contributed by atoms with van der Waals surface area (Å²) >= 11 is 0. The van der Waals surface area contributed by atoms with Crippen LogP contribution in [0.5, 0.6) is 0 Å². The van der Waals surface area contributed by atoms with Crippen LogP contribution in [-0.2, 0) is 14.3 Å². The molecule has 30 heavy (non-hydrogen) atoms. The highest BCUT2D eigenvalue weighted by Gasteiger charge is 2.58. The first kappa shape index (κ1) is 18.1. The minimum absolute atomic E-state index is 0.0653. The molecule has 2 fully saturated rings. The van der Waals surface area contributed by atoms with E-state index in [2.05, 4.69) is 36.2 Å². The van der Waals surface area contributed by atoms with Gasteiger partial charge in [0.15, 0.2) is 5.78 Å². The minimum Gasteiger partial charge on any atom is -0.489 e. The summed E-state index contributed by atoms with van der Waals surface area (Å²) in [7, 11) is 0. The quantitative estimate of drug-likeness (QED) is 0.674. The van der Waals surface area contributed by atoms with Gasteiger partial charge in [0.05, 0.1) is 5.57 Å². The Balaban J connectivity index is 1.38. The summed E-state index contributed by atoms with van der Waals surface area (Å²) < 4.78 is 6.47. The van der Waals surface area contributed by atoms with Gasteiger partial charge in [-0.1, -0.05) is 19.1 Å². The zero-order valence-corrected chi connectivity index (χ0v) is 17.2. The summed E-state index contributed by atoms with van der Waals surface area (Å²) in [5.41, 5.74) is 2.97. The van der Waals surface area contributed by atoms with E-state index in [4.69, 9.17) is 4.74 Å². The Labute approximate surface area is 176 Å². The van der Waals surface area contributed by atoms with Crippen LogP contribution in [0.25, 0.3) is 10.8 Å². The van der Waals surface area contributed by atoms with Gasteiger partial charge in [-0.2, -0.15) is 0 Å². The van der Waals surface area contributed by atoms with Crippen molar-refractivity contribution in [3.05, 3.63) is 65.2 Å². The van der Waals surface area contributed by atoms with Gasteiger partial charge in [0.2, 0.25) is 0 Å². The topological polar surface area (TPSA) is 56.3 Å². The van der Waals surface area contributed by atoms with Gasteiger partial charge < -0.3 is 4.74 Å². The number of benzene rings is 1. The monoisotopic (exact) mass is 399 g/mol. The smallest absolute Gasteiger partial charge is 0.166 e. The molecule has 0 bridgehead atoms. The van der Waals surface area contributed by atoms with Crippen molar-refractivity contribution >= 4 is 22.3 Å². The lowest BCUT2D eigenvalue weighted by atomic mass is 9.61. The van der Waals surface area contributed by atoms with Crippen LogP contribution in [0.2, 0.25) is 0 Å². The molecule has 2 aromatic rings. The Morgan fingerprint density at radius 3 is 2.90 bits per heavy atom. The van der Waals surface area contributed by atoms with E-state index < -0.39 is 0 Å². The molecule has 4 aliphatic rings. The van der Waals surface area contributed by atoms with Gasteiger partial charge in [0.25, 0.3) is 0 Å². The Morgan fingerprint density at radius 1 is 1.10 bits per heavy atom. The molecular weight excluding hydrogens is 374 g/mol. The minimum atomic E-state index is -0.133. The maximum Gasteiger partial charge on any atom is 0.166 e. The van der Waals surface area contributed by atoms with E-state index in [-0.39, 0.29) is 29.1 Å². The third-order valence-electron chi connectivity index (χ3n) is 7.94. The number of hydrogen-bond acceptors (Lipinski definition) is 4. The van der Waals surface area contributed by atoms with Crippen LogP contribution in [0.15, 0.2) is 59.6 Å². The van der Waals surface area contributed by atoms with Crippen LogP contribution in [0, 0.1) is 11.3 Å². The fourth-order valence-electron chi connectivity index (χ4n) is 6.36. The second-order valence-electron chi connectivity index (χ2n) is 9.57. The number of nitrogens with zero attached hydrogens (tertiary/aromatic N) is 1. The van der Waals surface area contributed by atoms with E-state index in [9.17, 15) is 9.59 Å². The van der Waals surface area contributed by atoms with E-state index in [0.717, 1.165) is 53.4 Å². The molecule has 0 N–H and O–H groups in total. The molecule has 0 amide bonds. The normalized spacial score (nSPS) is 33.0. The molecule has 152 valence electrons. The second-order valence-corrected chi connectivity index (χ2v) is 9.57. The van der Waals surface area contributed by atoms with Crippen LogP contribution in [0.1, 0.15) is 56.9 Å². The van der Waals surface area contributed by atoms with Gasteiger partial charge in [-0.25, -0.2) is 0 Å². The first-order valence-corrected chi connectivity index (χ1v) is 11.0. The number of ether oxygens (including phenoxy) is 1.